The minimum atomic E-state index is -0.342. The number of likely N-dealkylation sites (tertiary alicyclic amines) is 2. The molecule has 0 radical (unpaired) electrons. The van der Waals surface area contributed by atoms with Crippen molar-refractivity contribution in [2.24, 2.45) is 0 Å². The molecular formula is C25H27N3O4. The summed E-state index contributed by atoms with van der Waals surface area (Å²) in [4.78, 5) is 28.7. The summed E-state index contributed by atoms with van der Waals surface area (Å²) in [5.74, 6) is 0.335. The van der Waals surface area contributed by atoms with E-state index in [2.05, 4.69) is 41.7 Å². The van der Waals surface area contributed by atoms with E-state index in [1.807, 2.05) is 15.9 Å². The van der Waals surface area contributed by atoms with Crippen LogP contribution < -0.4 is 5.32 Å². The smallest absolute Gasteiger partial charge is 0.411 e. The summed E-state index contributed by atoms with van der Waals surface area (Å²) in [6.45, 7) is 1.36. The topological polar surface area (TPSA) is 71.1 Å². The molecule has 0 bridgehead atoms. The molecule has 0 spiro atoms. The van der Waals surface area contributed by atoms with E-state index in [1.165, 1.54) is 36.5 Å². The zero-order chi connectivity index (χ0) is 22.0. The Hall–Kier alpha value is -3.22. The van der Waals surface area contributed by atoms with Gasteiger partial charge in [0.1, 0.15) is 6.17 Å². The number of fused-ring (bicyclic) bond motifs is 6. The molecule has 0 saturated carbocycles. The lowest BCUT2D eigenvalue weighted by molar-refractivity contribution is 0.117. The highest BCUT2D eigenvalue weighted by Gasteiger charge is 2.58. The molecule has 1 N–H and O–H groups in total. The molecule has 2 aromatic carbocycles. The van der Waals surface area contributed by atoms with Gasteiger partial charge in [0.15, 0.2) is 0 Å². The van der Waals surface area contributed by atoms with Crippen molar-refractivity contribution >= 4 is 17.9 Å². The van der Waals surface area contributed by atoms with E-state index in [9.17, 15) is 9.59 Å². The molecule has 0 aromatic heterocycles. The van der Waals surface area contributed by atoms with E-state index in [0.29, 0.717) is 12.5 Å². The standard InChI is InChI=1S/C25H27N3O4/c1-31-23(29)27-12-10-16-15-6-5-8-18(17(15)14-21(16)27)25-11-13-28(24(30)32-2)22(25)26-20-9-4-3-7-19(20)25/h3-9,16,21-22,26H,10-14H2,1-2H3/t16-,21?,22?,25-/m0/s1. The molecule has 2 unspecified atom stereocenters. The lowest BCUT2D eigenvalue weighted by Crippen LogP contribution is -2.47. The van der Waals surface area contributed by atoms with Gasteiger partial charge in [-0.05, 0) is 47.6 Å². The highest BCUT2D eigenvalue weighted by atomic mass is 16.5. The van der Waals surface area contributed by atoms with Gasteiger partial charge in [-0.2, -0.15) is 0 Å². The fourth-order valence-electron chi connectivity index (χ4n) is 6.82. The molecule has 3 aliphatic heterocycles. The van der Waals surface area contributed by atoms with Gasteiger partial charge in [-0.3, -0.25) is 4.90 Å². The predicted molar refractivity (Wildman–Crippen MR) is 119 cm³/mol. The number of hydrogen-bond acceptors (Lipinski definition) is 5. The van der Waals surface area contributed by atoms with Crippen LogP contribution in [0.1, 0.15) is 41.0 Å². The second kappa shape index (κ2) is 6.89. The number of rotatable bonds is 1. The second-order valence-corrected chi connectivity index (χ2v) is 9.18. The van der Waals surface area contributed by atoms with Crippen molar-refractivity contribution in [1.82, 2.24) is 9.80 Å². The Morgan fingerprint density at radius 3 is 2.53 bits per heavy atom. The summed E-state index contributed by atoms with van der Waals surface area (Å²) in [5, 5.41) is 3.62. The Bertz CT molecular complexity index is 1120. The number of ether oxygens (including phenoxy) is 2. The van der Waals surface area contributed by atoms with Crippen molar-refractivity contribution in [3.8, 4) is 0 Å². The van der Waals surface area contributed by atoms with Crippen LogP contribution in [-0.4, -0.2) is 61.5 Å². The molecule has 2 fully saturated rings. The number of carbonyl (C=O) groups is 2. The van der Waals surface area contributed by atoms with Crippen LogP contribution in [0.3, 0.4) is 0 Å². The quantitative estimate of drug-likeness (QED) is 0.743. The van der Waals surface area contributed by atoms with Crippen molar-refractivity contribution < 1.29 is 19.1 Å². The summed E-state index contributed by atoms with van der Waals surface area (Å²) >= 11 is 0. The van der Waals surface area contributed by atoms with Gasteiger partial charge in [-0.1, -0.05) is 36.4 Å². The molecular weight excluding hydrogens is 406 g/mol. The van der Waals surface area contributed by atoms with Gasteiger partial charge in [0, 0.05) is 30.7 Å². The molecule has 6 rings (SSSR count). The van der Waals surface area contributed by atoms with Gasteiger partial charge in [0.25, 0.3) is 0 Å². The number of nitrogens with zero attached hydrogens (tertiary/aromatic N) is 2. The Labute approximate surface area is 187 Å². The van der Waals surface area contributed by atoms with Gasteiger partial charge in [0.05, 0.1) is 19.6 Å². The van der Waals surface area contributed by atoms with E-state index in [0.717, 1.165) is 31.5 Å². The fraction of sp³-hybridized carbons (Fsp3) is 0.440. The van der Waals surface area contributed by atoms with Crippen LogP contribution in [0.2, 0.25) is 0 Å². The molecule has 4 atom stereocenters. The third-order valence-corrected chi connectivity index (χ3v) is 8.10. The van der Waals surface area contributed by atoms with Gasteiger partial charge in [-0.25, -0.2) is 9.59 Å². The minimum absolute atomic E-state index is 0.135. The first-order valence-electron chi connectivity index (χ1n) is 11.3. The lowest BCUT2D eigenvalue weighted by Gasteiger charge is -2.34. The van der Waals surface area contributed by atoms with Gasteiger partial charge < -0.3 is 19.7 Å². The van der Waals surface area contributed by atoms with Crippen LogP contribution >= 0.6 is 0 Å². The van der Waals surface area contributed by atoms with Crippen molar-refractivity contribution in [2.75, 3.05) is 32.6 Å². The largest absolute Gasteiger partial charge is 0.453 e. The molecule has 4 aliphatic rings. The monoisotopic (exact) mass is 433 g/mol. The van der Waals surface area contributed by atoms with Crippen LogP contribution in [0.15, 0.2) is 42.5 Å². The first-order chi connectivity index (χ1) is 15.6. The molecule has 7 heteroatoms. The molecule has 166 valence electrons. The maximum Gasteiger partial charge on any atom is 0.411 e. The molecule has 1 aliphatic carbocycles. The Morgan fingerprint density at radius 1 is 0.969 bits per heavy atom. The molecule has 2 saturated heterocycles. The number of anilines is 1. The first-order valence-corrected chi connectivity index (χ1v) is 11.3. The van der Waals surface area contributed by atoms with Crippen LogP contribution in [0, 0.1) is 0 Å². The molecule has 2 amide bonds. The van der Waals surface area contributed by atoms with Crippen LogP contribution in [0.4, 0.5) is 15.3 Å². The SMILES string of the molecule is COC(=O)N1CC[C@H]2c3cccc([C@]45CCN(C(=O)OC)C4Nc4ccccc45)c3CC21. The molecule has 7 nitrogen and oxygen atoms in total. The number of carbonyl (C=O) groups excluding carboxylic acids is 2. The average Bonchev–Trinajstić information content (AvgIpc) is 3.56. The van der Waals surface area contributed by atoms with Crippen LogP contribution in [-0.2, 0) is 21.3 Å². The fourth-order valence-corrected chi connectivity index (χ4v) is 6.82. The minimum Gasteiger partial charge on any atom is -0.453 e. The van der Waals surface area contributed by atoms with Crippen molar-refractivity contribution in [1.29, 1.82) is 0 Å². The zero-order valence-corrected chi connectivity index (χ0v) is 18.3. The van der Waals surface area contributed by atoms with Crippen LogP contribution in [0.5, 0.6) is 0 Å². The highest BCUT2D eigenvalue weighted by molar-refractivity contribution is 5.76. The first kappa shape index (κ1) is 19.5. The van der Waals surface area contributed by atoms with E-state index in [-0.39, 0.29) is 29.8 Å². The third-order valence-electron chi connectivity index (χ3n) is 8.10. The average molecular weight is 434 g/mol. The number of para-hydroxylation sites is 1. The number of benzene rings is 2. The molecule has 3 heterocycles. The van der Waals surface area contributed by atoms with E-state index < -0.39 is 0 Å². The van der Waals surface area contributed by atoms with Crippen molar-refractivity contribution in [3.63, 3.8) is 0 Å². The summed E-state index contributed by atoms with van der Waals surface area (Å²) in [6.07, 6.45) is 1.85. The highest BCUT2D eigenvalue weighted by Crippen LogP contribution is 2.56. The Kier molecular flexibility index (Phi) is 4.19. The Balaban J connectivity index is 1.49. The van der Waals surface area contributed by atoms with E-state index in [4.69, 9.17) is 9.47 Å². The predicted octanol–water partition coefficient (Wildman–Crippen LogP) is 3.68. The van der Waals surface area contributed by atoms with Gasteiger partial charge in [0.2, 0.25) is 0 Å². The number of hydrogen-bond donors (Lipinski definition) is 1. The molecule has 2 aromatic rings. The summed E-state index contributed by atoms with van der Waals surface area (Å²) < 4.78 is 10.2. The van der Waals surface area contributed by atoms with Crippen molar-refractivity contribution in [2.45, 2.75) is 42.8 Å². The van der Waals surface area contributed by atoms with Gasteiger partial charge in [-0.15, -0.1) is 0 Å². The maximum atomic E-state index is 12.6. The summed E-state index contributed by atoms with van der Waals surface area (Å²) in [6, 6.07) is 15.1. The Morgan fingerprint density at radius 2 is 1.72 bits per heavy atom. The molecule has 32 heavy (non-hydrogen) atoms. The summed E-state index contributed by atoms with van der Waals surface area (Å²) in [7, 11) is 2.89. The zero-order valence-electron chi connectivity index (χ0n) is 18.3. The third kappa shape index (κ3) is 2.36. The van der Waals surface area contributed by atoms with Crippen molar-refractivity contribution in [3.05, 3.63) is 64.7 Å². The van der Waals surface area contributed by atoms with Crippen LogP contribution in [0.25, 0.3) is 0 Å². The maximum absolute atomic E-state index is 12.6. The summed E-state index contributed by atoms with van der Waals surface area (Å²) in [5.41, 5.74) is 5.89. The van der Waals surface area contributed by atoms with Gasteiger partial charge >= 0.3 is 12.2 Å². The second-order valence-electron chi connectivity index (χ2n) is 9.18. The lowest BCUT2D eigenvalue weighted by atomic mass is 9.71. The normalized spacial score (nSPS) is 29.1. The number of nitrogens with one attached hydrogen (secondary N) is 1. The van der Waals surface area contributed by atoms with E-state index >= 15 is 0 Å². The number of methoxy groups -OCH3 is 2. The number of amides is 2. The van der Waals surface area contributed by atoms with E-state index in [1.54, 1.807) is 0 Å².